The van der Waals surface area contributed by atoms with Gasteiger partial charge in [-0.05, 0) is 67.3 Å². The number of aliphatic hydroxyl groups excluding tert-OH is 1. The van der Waals surface area contributed by atoms with Crippen LogP contribution in [0.4, 0.5) is 33.5 Å². The smallest absolute Gasteiger partial charge is 0.326 e. The molecule has 0 bridgehead atoms. The molecule has 2 amide bonds. The van der Waals surface area contributed by atoms with Crippen LogP contribution in [-0.4, -0.2) is 40.3 Å². The van der Waals surface area contributed by atoms with E-state index in [1.54, 1.807) is 11.1 Å². The minimum absolute atomic E-state index is 0.199. The van der Waals surface area contributed by atoms with E-state index in [0.717, 1.165) is 59.7 Å². The first-order valence-corrected chi connectivity index (χ1v) is 13.4. The lowest BCUT2D eigenvalue weighted by molar-refractivity contribution is 0.145. The van der Waals surface area contributed by atoms with Crippen LogP contribution in [0.15, 0.2) is 72.9 Å². The van der Waals surface area contributed by atoms with Crippen LogP contribution in [0.1, 0.15) is 24.0 Å². The average molecular weight is 541 g/mol. The van der Waals surface area contributed by atoms with Crippen molar-refractivity contribution in [2.24, 2.45) is 0 Å². The number of carbonyl (C=O) groups excluding carboxylic acids is 1. The predicted octanol–water partition coefficient (Wildman–Crippen LogP) is 6.36. The molecule has 6 rings (SSSR count). The molecule has 0 radical (unpaired) electrons. The second-order valence-electron chi connectivity index (χ2n) is 9.91. The summed E-state index contributed by atoms with van der Waals surface area (Å²) in [6.45, 7) is 4.01. The molecule has 1 aromatic heterocycles. The lowest BCUT2D eigenvalue weighted by atomic mass is 10.1. The van der Waals surface area contributed by atoms with Crippen molar-refractivity contribution in [3.05, 3.63) is 89.1 Å². The molecule has 2 aliphatic heterocycles. The van der Waals surface area contributed by atoms with Crippen molar-refractivity contribution in [1.82, 2.24) is 9.97 Å². The molecule has 0 aliphatic carbocycles. The molecule has 3 aromatic carbocycles. The summed E-state index contributed by atoms with van der Waals surface area (Å²) in [6.07, 6.45) is 3.01. The maximum absolute atomic E-state index is 13.4. The van der Waals surface area contributed by atoms with Crippen LogP contribution < -0.4 is 20.4 Å². The number of carbonyl (C=O) groups is 1. The Morgan fingerprint density at radius 2 is 1.82 bits per heavy atom. The number of rotatable bonds is 5. The largest absolute Gasteiger partial charge is 0.393 e. The molecule has 3 N–H and O–H groups in total. The minimum atomic E-state index is -0.273. The molecule has 0 saturated carbocycles. The number of aromatic nitrogens is 2. The number of aliphatic hydroxyl groups is 1. The summed E-state index contributed by atoms with van der Waals surface area (Å²) in [5, 5.41) is 16.7. The molecule has 0 atom stereocenters. The second kappa shape index (κ2) is 10.6. The number of halogens is 1. The molecule has 0 unspecified atom stereocenters. The van der Waals surface area contributed by atoms with E-state index in [2.05, 4.69) is 32.7 Å². The number of fused-ring (bicyclic) bond motifs is 3. The Morgan fingerprint density at radius 1 is 1.05 bits per heavy atom. The fourth-order valence-corrected chi connectivity index (χ4v) is 5.41. The van der Waals surface area contributed by atoms with E-state index in [-0.39, 0.29) is 12.1 Å². The average Bonchev–Trinajstić information content (AvgIpc) is 3.05. The van der Waals surface area contributed by atoms with Gasteiger partial charge < -0.3 is 20.6 Å². The van der Waals surface area contributed by atoms with Crippen molar-refractivity contribution in [3.63, 3.8) is 0 Å². The van der Waals surface area contributed by atoms with E-state index in [1.165, 1.54) is 0 Å². The van der Waals surface area contributed by atoms with Gasteiger partial charge in [-0.3, -0.25) is 4.90 Å². The molecule has 3 heterocycles. The first kappa shape index (κ1) is 25.2. The maximum Gasteiger partial charge on any atom is 0.326 e. The minimum Gasteiger partial charge on any atom is -0.393 e. The monoisotopic (exact) mass is 540 g/mol. The Labute approximate surface area is 232 Å². The first-order valence-electron chi connectivity index (χ1n) is 13.1. The number of benzene rings is 3. The molecule has 198 valence electrons. The van der Waals surface area contributed by atoms with E-state index in [9.17, 15) is 9.90 Å². The Bertz CT molecular complexity index is 1500. The Morgan fingerprint density at radius 3 is 2.59 bits per heavy atom. The molecule has 2 aliphatic rings. The molecular formula is C30H29ClN6O2. The zero-order valence-corrected chi connectivity index (χ0v) is 22.3. The number of nitrogens with one attached hydrogen (secondary N) is 2. The quantitative estimate of drug-likeness (QED) is 0.272. The van der Waals surface area contributed by atoms with Gasteiger partial charge in [0.2, 0.25) is 5.95 Å². The highest BCUT2D eigenvalue weighted by atomic mass is 35.5. The van der Waals surface area contributed by atoms with Crippen LogP contribution in [0.3, 0.4) is 0 Å². The molecule has 4 aromatic rings. The van der Waals surface area contributed by atoms with Crippen LogP contribution in [-0.2, 0) is 6.54 Å². The van der Waals surface area contributed by atoms with Gasteiger partial charge in [-0.2, -0.15) is 0 Å². The number of hydrogen-bond acceptors (Lipinski definition) is 6. The highest BCUT2D eigenvalue weighted by Crippen LogP contribution is 2.39. The van der Waals surface area contributed by atoms with Crippen LogP contribution in [0.2, 0.25) is 5.02 Å². The normalized spacial score (nSPS) is 15.3. The third-order valence-electron chi connectivity index (χ3n) is 7.35. The van der Waals surface area contributed by atoms with Gasteiger partial charge in [0.15, 0.2) is 0 Å². The number of aryl methyl sites for hydroxylation is 1. The van der Waals surface area contributed by atoms with Crippen molar-refractivity contribution in [1.29, 1.82) is 0 Å². The van der Waals surface area contributed by atoms with Gasteiger partial charge in [-0.25, -0.2) is 14.8 Å². The fourth-order valence-electron chi connectivity index (χ4n) is 5.13. The summed E-state index contributed by atoms with van der Waals surface area (Å²) >= 11 is 6.51. The van der Waals surface area contributed by atoms with E-state index in [4.69, 9.17) is 16.6 Å². The summed E-state index contributed by atoms with van der Waals surface area (Å²) in [5.74, 6) is 0.432. The standard InChI is InChI=1S/C30H29ClN6O2/c1-19-5-4-7-25(31)24(19)18-37-27-8-3-2-6-23(27)28-26(34-30(37)39)17-32-29(35-28)33-20-9-11-21(12-10-20)36-15-13-22(38)14-16-36/h2-12,17,22,38H,13-16,18H2,1H3,(H,34,39)(H,32,33,35). The lowest BCUT2D eigenvalue weighted by Gasteiger charge is -2.31. The Balaban J connectivity index is 1.28. The van der Waals surface area contributed by atoms with E-state index >= 15 is 0 Å². The highest BCUT2D eigenvalue weighted by Gasteiger charge is 2.28. The van der Waals surface area contributed by atoms with Crippen molar-refractivity contribution >= 4 is 46.3 Å². The van der Waals surface area contributed by atoms with Gasteiger partial charge in [0.05, 0.1) is 30.2 Å². The number of nitrogens with zero attached hydrogens (tertiary/aromatic N) is 4. The summed E-state index contributed by atoms with van der Waals surface area (Å²) in [7, 11) is 0. The van der Waals surface area contributed by atoms with Crippen molar-refractivity contribution in [2.75, 3.05) is 33.5 Å². The number of para-hydroxylation sites is 1. The van der Waals surface area contributed by atoms with Crippen LogP contribution in [0.5, 0.6) is 0 Å². The second-order valence-corrected chi connectivity index (χ2v) is 10.3. The fraction of sp³-hybridized carbons (Fsp3) is 0.233. The van der Waals surface area contributed by atoms with E-state index in [1.807, 2.05) is 61.5 Å². The number of hydrogen-bond donors (Lipinski definition) is 3. The first-order chi connectivity index (χ1) is 19.0. The van der Waals surface area contributed by atoms with Crippen molar-refractivity contribution in [3.8, 4) is 11.3 Å². The molecule has 39 heavy (non-hydrogen) atoms. The molecule has 1 saturated heterocycles. The number of urea groups is 1. The number of piperidine rings is 1. The zero-order chi connectivity index (χ0) is 26.9. The molecule has 1 fully saturated rings. The van der Waals surface area contributed by atoms with Gasteiger partial charge >= 0.3 is 6.03 Å². The zero-order valence-electron chi connectivity index (χ0n) is 21.6. The van der Waals surface area contributed by atoms with E-state index in [0.29, 0.717) is 28.9 Å². The van der Waals surface area contributed by atoms with Crippen LogP contribution >= 0.6 is 11.6 Å². The maximum atomic E-state index is 13.4. The Hall–Kier alpha value is -4.14. The SMILES string of the molecule is Cc1cccc(Cl)c1CN1C(=O)Nc2cnc(Nc3ccc(N4CCC(O)CC4)cc3)nc2-c2ccccc21. The van der Waals surface area contributed by atoms with Crippen molar-refractivity contribution < 1.29 is 9.90 Å². The third kappa shape index (κ3) is 5.13. The van der Waals surface area contributed by atoms with Gasteiger partial charge in [-0.1, -0.05) is 41.9 Å². The van der Waals surface area contributed by atoms with Gasteiger partial charge in [0.1, 0.15) is 5.69 Å². The predicted molar refractivity (Wildman–Crippen MR) is 156 cm³/mol. The van der Waals surface area contributed by atoms with E-state index < -0.39 is 0 Å². The molecular weight excluding hydrogens is 512 g/mol. The van der Waals surface area contributed by atoms with Gasteiger partial charge in [0, 0.05) is 35.1 Å². The van der Waals surface area contributed by atoms with Gasteiger partial charge in [0.25, 0.3) is 0 Å². The van der Waals surface area contributed by atoms with Gasteiger partial charge in [-0.15, -0.1) is 0 Å². The number of anilines is 5. The van der Waals surface area contributed by atoms with Crippen molar-refractivity contribution in [2.45, 2.75) is 32.4 Å². The summed E-state index contributed by atoms with van der Waals surface area (Å²) < 4.78 is 0. The molecule has 0 spiro atoms. The molecule has 8 nitrogen and oxygen atoms in total. The summed E-state index contributed by atoms with van der Waals surface area (Å²) in [4.78, 5) is 26.7. The topological polar surface area (TPSA) is 93.6 Å². The third-order valence-corrected chi connectivity index (χ3v) is 7.70. The Kier molecular flexibility index (Phi) is 6.81. The lowest BCUT2D eigenvalue weighted by Crippen LogP contribution is -2.35. The summed E-state index contributed by atoms with van der Waals surface area (Å²) in [5.41, 5.74) is 6.64. The highest BCUT2D eigenvalue weighted by molar-refractivity contribution is 6.31. The summed E-state index contributed by atoms with van der Waals surface area (Å²) in [6, 6.07) is 21.3. The van der Waals surface area contributed by atoms with Crippen LogP contribution in [0.25, 0.3) is 11.3 Å². The van der Waals surface area contributed by atoms with Crippen LogP contribution in [0, 0.1) is 6.92 Å². The molecule has 9 heteroatoms. The number of amides is 2.